The Bertz CT molecular complexity index is 411. The van der Waals surface area contributed by atoms with Crippen molar-refractivity contribution >= 4 is 12.0 Å². The molecule has 0 atom stereocenters. The Morgan fingerprint density at radius 3 is 2.14 bits per heavy atom. The van der Waals surface area contributed by atoms with Crippen LogP contribution in [0.25, 0.3) is 0 Å². The van der Waals surface area contributed by atoms with Crippen molar-refractivity contribution in [3.63, 3.8) is 0 Å². The van der Waals surface area contributed by atoms with E-state index in [0.29, 0.717) is 25.9 Å². The van der Waals surface area contributed by atoms with E-state index in [4.69, 9.17) is 9.84 Å². The number of carbonyl (C=O) groups is 2. The molecule has 0 bridgehead atoms. The number of carboxylic acid groups (broad SMARTS) is 1. The number of hydrogen-bond acceptors (Lipinski definition) is 3. The van der Waals surface area contributed by atoms with E-state index in [1.165, 1.54) is 0 Å². The number of rotatable bonds is 4. The van der Waals surface area contributed by atoms with E-state index >= 15 is 0 Å². The van der Waals surface area contributed by atoms with Crippen molar-refractivity contribution < 1.29 is 19.4 Å². The average molecular weight is 298 g/mol. The summed E-state index contributed by atoms with van der Waals surface area (Å²) in [6.07, 6.45) is 1.33. The van der Waals surface area contributed by atoms with Crippen LogP contribution in [-0.2, 0) is 9.53 Å². The highest BCUT2D eigenvalue weighted by Crippen LogP contribution is 2.62. The number of aliphatic carboxylic acids is 1. The van der Waals surface area contributed by atoms with E-state index in [1.54, 1.807) is 4.90 Å². The van der Waals surface area contributed by atoms with Gasteiger partial charge in [0.1, 0.15) is 6.61 Å². The third kappa shape index (κ3) is 3.15. The van der Waals surface area contributed by atoms with Crippen LogP contribution in [0, 0.1) is 10.8 Å². The summed E-state index contributed by atoms with van der Waals surface area (Å²) in [6, 6.07) is 0.189. The molecule has 2 amide bonds. The van der Waals surface area contributed by atoms with Crippen molar-refractivity contribution in [2.24, 2.45) is 10.8 Å². The Morgan fingerprint density at radius 1 is 1.19 bits per heavy atom. The van der Waals surface area contributed by atoms with E-state index in [2.05, 4.69) is 33.0 Å². The van der Waals surface area contributed by atoms with Crippen molar-refractivity contribution in [3.05, 3.63) is 0 Å². The monoisotopic (exact) mass is 298 g/mol. The maximum absolute atomic E-state index is 12.3. The van der Waals surface area contributed by atoms with Gasteiger partial charge in [-0.15, -0.1) is 0 Å². The fourth-order valence-corrected chi connectivity index (χ4v) is 3.19. The molecule has 2 N–H and O–H groups in total. The van der Waals surface area contributed by atoms with Gasteiger partial charge in [0.05, 0.1) is 6.10 Å². The van der Waals surface area contributed by atoms with Crippen molar-refractivity contribution in [1.29, 1.82) is 0 Å². The number of nitrogens with one attached hydrogen (secondary N) is 1. The van der Waals surface area contributed by atoms with Crippen molar-refractivity contribution in [3.8, 4) is 0 Å². The molecule has 1 aliphatic carbocycles. The zero-order valence-electron chi connectivity index (χ0n) is 13.3. The molecule has 1 heterocycles. The number of nitrogens with zero attached hydrogens (tertiary/aromatic N) is 1. The molecule has 21 heavy (non-hydrogen) atoms. The van der Waals surface area contributed by atoms with Gasteiger partial charge in [-0.3, -0.25) is 0 Å². The van der Waals surface area contributed by atoms with Gasteiger partial charge in [0.25, 0.3) is 0 Å². The summed E-state index contributed by atoms with van der Waals surface area (Å²) >= 11 is 0. The van der Waals surface area contributed by atoms with Gasteiger partial charge in [0.2, 0.25) is 0 Å². The van der Waals surface area contributed by atoms with Gasteiger partial charge >= 0.3 is 12.0 Å². The molecular weight excluding hydrogens is 272 g/mol. The normalized spacial score (nSPS) is 24.7. The predicted octanol–water partition coefficient (Wildman–Crippen LogP) is 1.70. The van der Waals surface area contributed by atoms with Gasteiger partial charge in [-0.1, -0.05) is 27.7 Å². The lowest BCUT2D eigenvalue weighted by Crippen LogP contribution is -2.47. The summed E-state index contributed by atoms with van der Waals surface area (Å²) in [5.41, 5.74) is 0.261. The first-order valence-electron chi connectivity index (χ1n) is 7.55. The number of carbonyl (C=O) groups excluding carboxylic acids is 1. The molecule has 120 valence electrons. The van der Waals surface area contributed by atoms with Crippen LogP contribution in [0.2, 0.25) is 0 Å². The van der Waals surface area contributed by atoms with Gasteiger partial charge in [-0.05, 0) is 23.7 Å². The summed E-state index contributed by atoms with van der Waals surface area (Å²) in [7, 11) is 0. The average Bonchev–Trinajstić information content (AvgIpc) is 2.79. The van der Waals surface area contributed by atoms with Crippen LogP contribution >= 0.6 is 0 Å². The zero-order chi connectivity index (χ0) is 15.8. The third-order valence-electron chi connectivity index (χ3n) is 5.46. The molecule has 6 heteroatoms. The molecule has 0 radical (unpaired) electrons. The third-order valence-corrected chi connectivity index (χ3v) is 5.46. The fraction of sp³-hybridized carbons (Fsp3) is 0.867. The zero-order valence-corrected chi connectivity index (χ0v) is 13.3. The number of urea groups is 1. The number of ether oxygens (including phenoxy) is 1. The lowest BCUT2D eigenvalue weighted by molar-refractivity contribution is -0.145. The van der Waals surface area contributed by atoms with E-state index in [-0.39, 0.29) is 35.6 Å². The maximum atomic E-state index is 12.3. The van der Waals surface area contributed by atoms with Crippen LogP contribution in [0.3, 0.4) is 0 Å². The molecule has 2 fully saturated rings. The van der Waals surface area contributed by atoms with Crippen molar-refractivity contribution in [2.75, 3.05) is 19.7 Å². The second-order valence-electron chi connectivity index (χ2n) is 7.22. The highest BCUT2D eigenvalue weighted by Gasteiger charge is 2.65. The van der Waals surface area contributed by atoms with Gasteiger partial charge in [-0.25, -0.2) is 9.59 Å². The Morgan fingerprint density at radius 2 is 1.71 bits per heavy atom. The molecule has 1 saturated carbocycles. The maximum Gasteiger partial charge on any atom is 0.329 e. The van der Waals surface area contributed by atoms with E-state index in [0.717, 1.165) is 0 Å². The number of hydrogen-bond donors (Lipinski definition) is 2. The summed E-state index contributed by atoms with van der Waals surface area (Å²) in [6.45, 7) is 9.65. The lowest BCUT2D eigenvalue weighted by Gasteiger charge is -2.32. The molecule has 0 unspecified atom stereocenters. The van der Waals surface area contributed by atoms with E-state index < -0.39 is 5.97 Å². The molecule has 0 spiro atoms. The number of carboxylic acids is 1. The molecular formula is C15H26N2O4. The molecule has 2 aliphatic rings. The molecule has 0 aromatic carbocycles. The predicted molar refractivity (Wildman–Crippen MR) is 78.1 cm³/mol. The Hall–Kier alpha value is -1.30. The first kappa shape index (κ1) is 16.1. The van der Waals surface area contributed by atoms with Crippen LogP contribution in [0.4, 0.5) is 4.79 Å². The first-order chi connectivity index (χ1) is 9.66. The molecule has 0 aromatic heterocycles. The smallest absolute Gasteiger partial charge is 0.329 e. The highest BCUT2D eigenvalue weighted by molar-refractivity contribution is 5.75. The fourth-order valence-electron chi connectivity index (χ4n) is 3.19. The van der Waals surface area contributed by atoms with E-state index in [9.17, 15) is 9.59 Å². The topological polar surface area (TPSA) is 78.9 Å². The SMILES string of the molecule is CC1(C)C(NC(=O)N2CCC(OCC(=O)O)CC2)C1(C)C. The van der Waals surface area contributed by atoms with Gasteiger partial charge < -0.3 is 20.1 Å². The minimum absolute atomic E-state index is 0.0182. The Kier molecular flexibility index (Phi) is 4.19. The molecule has 1 saturated heterocycles. The lowest BCUT2D eigenvalue weighted by atomic mass is 10.0. The minimum atomic E-state index is -0.951. The second-order valence-corrected chi connectivity index (χ2v) is 7.22. The highest BCUT2D eigenvalue weighted by atomic mass is 16.5. The van der Waals surface area contributed by atoms with Crippen LogP contribution in [0.5, 0.6) is 0 Å². The summed E-state index contributed by atoms with van der Waals surface area (Å²) < 4.78 is 5.27. The minimum Gasteiger partial charge on any atom is -0.480 e. The summed E-state index contributed by atoms with van der Waals surface area (Å²) in [5.74, 6) is -0.951. The van der Waals surface area contributed by atoms with Gasteiger partial charge in [0, 0.05) is 19.1 Å². The number of piperidine rings is 1. The van der Waals surface area contributed by atoms with Crippen LogP contribution in [-0.4, -0.2) is 53.8 Å². The molecule has 6 nitrogen and oxygen atoms in total. The van der Waals surface area contributed by atoms with Gasteiger partial charge in [-0.2, -0.15) is 0 Å². The van der Waals surface area contributed by atoms with Gasteiger partial charge in [0.15, 0.2) is 0 Å². The Labute approximate surface area is 125 Å². The summed E-state index contributed by atoms with van der Waals surface area (Å²) in [5, 5.41) is 11.7. The number of amides is 2. The standard InChI is InChI=1S/C15H26N2O4/c1-14(2)12(15(14,3)4)16-13(20)17-7-5-10(6-8-17)21-9-11(18)19/h10,12H,5-9H2,1-4H3,(H,16,20)(H,18,19). The van der Waals surface area contributed by atoms with Crippen LogP contribution in [0.1, 0.15) is 40.5 Å². The Balaban J connectivity index is 1.75. The summed E-state index contributed by atoms with van der Waals surface area (Å²) in [4.78, 5) is 24.5. The number of likely N-dealkylation sites (tertiary alicyclic amines) is 1. The second kappa shape index (κ2) is 5.48. The van der Waals surface area contributed by atoms with E-state index in [1.807, 2.05) is 0 Å². The molecule has 2 rings (SSSR count). The molecule has 1 aliphatic heterocycles. The van der Waals surface area contributed by atoms with Crippen molar-refractivity contribution in [2.45, 2.75) is 52.7 Å². The largest absolute Gasteiger partial charge is 0.480 e. The quantitative estimate of drug-likeness (QED) is 0.828. The molecule has 0 aromatic rings. The van der Waals surface area contributed by atoms with Crippen LogP contribution < -0.4 is 5.32 Å². The van der Waals surface area contributed by atoms with Crippen LogP contribution in [0.15, 0.2) is 0 Å². The first-order valence-corrected chi connectivity index (χ1v) is 7.55. The van der Waals surface area contributed by atoms with Crippen molar-refractivity contribution in [1.82, 2.24) is 10.2 Å².